The topological polar surface area (TPSA) is 54.0 Å². The fraction of sp³-hybridized carbons (Fsp3) is 0.375. The Morgan fingerprint density at radius 2 is 1.78 bits per heavy atom. The number of alkyl halides is 2. The highest BCUT2D eigenvalue weighted by Gasteiger charge is 2.17. The van der Waals surface area contributed by atoms with Gasteiger partial charge in [-0.05, 0) is 17.7 Å². The minimum atomic E-state index is -2.99. The van der Waals surface area contributed by atoms with E-state index >= 15 is 0 Å². The molecule has 1 aliphatic heterocycles. The second-order valence-electron chi connectivity index (χ2n) is 7.48. The van der Waals surface area contributed by atoms with Crippen molar-refractivity contribution in [1.82, 2.24) is 15.1 Å². The van der Waals surface area contributed by atoms with E-state index in [-0.39, 0.29) is 17.4 Å². The van der Waals surface area contributed by atoms with E-state index in [1.807, 2.05) is 6.07 Å². The van der Waals surface area contributed by atoms with E-state index in [1.54, 1.807) is 12.1 Å². The third kappa shape index (κ3) is 7.32. The number of para-hydroxylation sites is 1. The Bertz CT molecular complexity index is 885. The molecule has 0 unspecified atom stereocenters. The molecule has 2 aromatic rings. The van der Waals surface area contributed by atoms with Gasteiger partial charge in [0.25, 0.3) is 0 Å². The van der Waals surface area contributed by atoms with Crippen molar-refractivity contribution in [2.24, 2.45) is 0 Å². The third-order valence-corrected chi connectivity index (χ3v) is 5.29. The van der Waals surface area contributed by atoms with E-state index in [4.69, 9.17) is 4.74 Å². The predicted octanol–water partition coefficient (Wildman–Crippen LogP) is 3.24. The van der Waals surface area contributed by atoms with Gasteiger partial charge in [0.15, 0.2) is 11.5 Å². The number of hydrogen-bond donors (Lipinski definition) is 1. The molecule has 0 atom stereocenters. The summed E-state index contributed by atoms with van der Waals surface area (Å²) in [5, 5.41) is 2.84. The molecule has 1 fully saturated rings. The van der Waals surface area contributed by atoms with Gasteiger partial charge in [-0.25, -0.2) is 0 Å². The van der Waals surface area contributed by atoms with Crippen LogP contribution in [0.1, 0.15) is 11.1 Å². The molecule has 0 aromatic heterocycles. The van der Waals surface area contributed by atoms with Crippen LogP contribution in [0.5, 0.6) is 11.5 Å². The molecule has 1 aliphatic rings. The van der Waals surface area contributed by atoms with Crippen LogP contribution < -0.4 is 14.8 Å². The first kappa shape index (κ1) is 23.7. The third-order valence-electron chi connectivity index (χ3n) is 5.29. The monoisotopic (exact) mass is 445 g/mol. The van der Waals surface area contributed by atoms with Gasteiger partial charge in [0.1, 0.15) is 0 Å². The second-order valence-corrected chi connectivity index (χ2v) is 7.48. The first-order valence-electron chi connectivity index (χ1n) is 10.6. The van der Waals surface area contributed by atoms with Crippen molar-refractivity contribution in [3.8, 4) is 11.5 Å². The molecule has 32 heavy (non-hydrogen) atoms. The van der Waals surface area contributed by atoms with Crippen molar-refractivity contribution >= 4 is 12.0 Å². The van der Waals surface area contributed by atoms with Gasteiger partial charge in [0.2, 0.25) is 5.91 Å². The van der Waals surface area contributed by atoms with E-state index in [0.717, 1.165) is 39.3 Å². The lowest BCUT2D eigenvalue weighted by Crippen LogP contribution is -2.47. The van der Waals surface area contributed by atoms with Crippen molar-refractivity contribution in [3.05, 3.63) is 65.7 Å². The van der Waals surface area contributed by atoms with Crippen LogP contribution in [0, 0.1) is 0 Å². The van der Waals surface area contributed by atoms with Crippen molar-refractivity contribution in [2.45, 2.75) is 13.2 Å². The zero-order valence-corrected chi connectivity index (χ0v) is 18.2. The molecule has 0 aliphatic carbocycles. The molecular weight excluding hydrogens is 416 g/mol. The summed E-state index contributed by atoms with van der Waals surface area (Å²) in [7, 11) is 1.37. The molecule has 0 radical (unpaired) electrons. The maximum absolute atomic E-state index is 12.7. The van der Waals surface area contributed by atoms with Crippen LogP contribution in [-0.2, 0) is 11.3 Å². The number of benzene rings is 2. The summed E-state index contributed by atoms with van der Waals surface area (Å²) in [6, 6.07) is 15.2. The van der Waals surface area contributed by atoms with Crippen molar-refractivity contribution in [2.75, 3.05) is 46.4 Å². The van der Waals surface area contributed by atoms with Crippen LogP contribution in [-0.4, -0.2) is 68.7 Å². The largest absolute Gasteiger partial charge is 0.493 e. The molecular formula is C24H29F2N3O3. The first-order valence-corrected chi connectivity index (χ1v) is 10.6. The summed E-state index contributed by atoms with van der Waals surface area (Å²) in [5.41, 5.74) is 1.66. The average Bonchev–Trinajstić information content (AvgIpc) is 2.80. The van der Waals surface area contributed by atoms with Crippen molar-refractivity contribution in [3.63, 3.8) is 0 Å². The molecule has 1 saturated heterocycles. The zero-order chi connectivity index (χ0) is 22.8. The van der Waals surface area contributed by atoms with E-state index in [0.29, 0.717) is 12.1 Å². The molecule has 172 valence electrons. The van der Waals surface area contributed by atoms with Gasteiger partial charge in [-0.2, -0.15) is 8.78 Å². The highest BCUT2D eigenvalue weighted by atomic mass is 19.3. The summed E-state index contributed by atoms with van der Waals surface area (Å²) in [6.07, 6.45) is 2.75. The molecule has 2 aromatic carbocycles. The molecule has 1 amide bonds. The van der Waals surface area contributed by atoms with Crippen LogP contribution in [0.2, 0.25) is 0 Å². The number of piperazine rings is 1. The Kier molecular flexibility index (Phi) is 9.01. The Balaban J connectivity index is 1.41. The van der Waals surface area contributed by atoms with E-state index in [9.17, 15) is 13.6 Å². The second kappa shape index (κ2) is 12.2. The first-order chi connectivity index (χ1) is 15.5. The fourth-order valence-electron chi connectivity index (χ4n) is 3.61. The Labute approximate surface area is 187 Å². The van der Waals surface area contributed by atoms with Crippen LogP contribution in [0.3, 0.4) is 0 Å². The number of amides is 1. The van der Waals surface area contributed by atoms with Crippen LogP contribution in [0.4, 0.5) is 8.78 Å². The minimum absolute atomic E-state index is 0.0950. The zero-order valence-electron chi connectivity index (χ0n) is 18.2. The van der Waals surface area contributed by atoms with E-state index in [2.05, 4.69) is 44.1 Å². The number of hydrogen-bond acceptors (Lipinski definition) is 5. The van der Waals surface area contributed by atoms with Crippen molar-refractivity contribution in [1.29, 1.82) is 0 Å². The van der Waals surface area contributed by atoms with Gasteiger partial charge in [-0.3, -0.25) is 14.6 Å². The van der Waals surface area contributed by atoms with Gasteiger partial charge < -0.3 is 14.8 Å². The quantitative estimate of drug-likeness (QED) is 0.569. The smallest absolute Gasteiger partial charge is 0.387 e. The van der Waals surface area contributed by atoms with Crippen LogP contribution in [0.15, 0.2) is 54.6 Å². The minimum Gasteiger partial charge on any atom is -0.493 e. The maximum Gasteiger partial charge on any atom is 0.387 e. The molecule has 1 heterocycles. The molecule has 0 bridgehead atoms. The van der Waals surface area contributed by atoms with Crippen molar-refractivity contribution < 1.29 is 23.0 Å². The normalized spacial score (nSPS) is 15.2. The molecule has 6 nitrogen and oxygen atoms in total. The molecule has 1 N–H and O–H groups in total. The Hall–Kier alpha value is -2.97. The number of ether oxygens (including phenoxy) is 2. The van der Waals surface area contributed by atoms with Gasteiger partial charge in [0.05, 0.1) is 7.11 Å². The molecule has 8 heteroatoms. The van der Waals surface area contributed by atoms with Gasteiger partial charge in [0, 0.05) is 57.5 Å². The van der Waals surface area contributed by atoms with Crippen LogP contribution in [0.25, 0.3) is 6.08 Å². The molecule has 0 spiro atoms. The maximum atomic E-state index is 12.7. The SMILES string of the molecule is COc1cccc(/C=C/C(=O)NCCN2CCN(Cc3ccccc3)CC2)c1OC(F)F. The summed E-state index contributed by atoms with van der Waals surface area (Å²) >= 11 is 0. The summed E-state index contributed by atoms with van der Waals surface area (Å²) < 4.78 is 35.0. The van der Waals surface area contributed by atoms with Crippen LogP contribution >= 0.6 is 0 Å². The average molecular weight is 446 g/mol. The highest BCUT2D eigenvalue weighted by Crippen LogP contribution is 2.33. The number of nitrogens with one attached hydrogen (secondary N) is 1. The number of nitrogens with zero attached hydrogens (tertiary/aromatic N) is 2. The molecule has 0 saturated carbocycles. The number of rotatable bonds is 10. The molecule has 3 rings (SSSR count). The predicted molar refractivity (Wildman–Crippen MR) is 120 cm³/mol. The van der Waals surface area contributed by atoms with Gasteiger partial charge >= 0.3 is 6.61 Å². The fourth-order valence-corrected chi connectivity index (χ4v) is 3.61. The number of halogens is 2. The van der Waals surface area contributed by atoms with Gasteiger partial charge in [-0.1, -0.05) is 42.5 Å². The Morgan fingerprint density at radius 3 is 2.47 bits per heavy atom. The standard InChI is InChI=1S/C24H29F2N3O3/c1-31-21-9-5-8-20(23(21)32-24(25)26)10-11-22(30)27-12-13-28-14-16-29(17-15-28)18-19-6-3-2-4-7-19/h2-11,24H,12-18H2,1H3,(H,27,30)/b11-10+. The lowest BCUT2D eigenvalue weighted by atomic mass is 10.1. The number of methoxy groups -OCH3 is 1. The lowest BCUT2D eigenvalue weighted by Gasteiger charge is -2.34. The summed E-state index contributed by atoms with van der Waals surface area (Å²) in [5.74, 6) is -0.208. The lowest BCUT2D eigenvalue weighted by molar-refractivity contribution is -0.116. The highest BCUT2D eigenvalue weighted by molar-refractivity contribution is 5.92. The summed E-state index contributed by atoms with van der Waals surface area (Å²) in [4.78, 5) is 16.9. The van der Waals surface area contributed by atoms with Gasteiger partial charge in [-0.15, -0.1) is 0 Å². The number of carbonyl (C=O) groups excluding carboxylic acids is 1. The summed E-state index contributed by atoms with van der Waals surface area (Å²) in [6.45, 7) is 3.14. The van der Waals surface area contributed by atoms with E-state index < -0.39 is 6.61 Å². The number of carbonyl (C=O) groups is 1. The Morgan fingerprint density at radius 1 is 1.06 bits per heavy atom. The van der Waals surface area contributed by atoms with E-state index in [1.165, 1.54) is 30.9 Å².